The molecule has 0 bridgehead atoms. The number of methoxy groups -OCH3 is 1. The third kappa shape index (κ3) is 3.85. The lowest BCUT2D eigenvalue weighted by Crippen LogP contribution is -2.36. The number of carbonyl (C=O) groups is 2. The van der Waals surface area contributed by atoms with Gasteiger partial charge in [0, 0.05) is 26.3 Å². The molecule has 116 valence electrons. The Morgan fingerprint density at radius 1 is 1.43 bits per heavy atom. The Kier molecular flexibility index (Phi) is 5.01. The average molecular weight is 295 g/mol. The number of ether oxygens (including phenoxy) is 1. The number of rotatable bonds is 7. The predicted octanol–water partition coefficient (Wildman–Crippen LogP) is 2.30. The summed E-state index contributed by atoms with van der Waals surface area (Å²) in [7, 11) is 1.68. The van der Waals surface area contributed by atoms with Crippen molar-refractivity contribution in [3.8, 4) is 0 Å². The zero-order valence-electron chi connectivity index (χ0n) is 12.2. The number of nitrogens with one attached hydrogen (secondary N) is 1. The summed E-state index contributed by atoms with van der Waals surface area (Å²) < 4.78 is 10.2. The minimum atomic E-state index is -1.11. The first-order chi connectivity index (χ1) is 10.1. The first-order valence-electron chi connectivity index (χ1n) is 7.15. The summed E-state index contributed by atoms with van der Waals surface area (Å²) in [5.41, 5.74) is 0.0727. The summed E-state index contributed by atoms with van der Waals surface area (Å²) in [4.78, 5) is 22.8. The molecule has 1 heterocycles. The van der Waals surface area contributed by atoms with E-state index in [1.807, 2.05) is 0 Å². The van der Waals surface area contributed by atoms with Crippen LogP contribution in [0.2, 0.25) is 0 Å². The molecule has 2 N–H and O–H groups in total. The van der Waals surface area contributed by atoms with Crippen molar-refractivity contribution >= 4 is 11.9 Å². The quantitative estimate of drug-likeness (QED) is 0.805. The minimum Gasteiger partial charge on any atom is -0.478 e. The summed E-state index contributed by atoms with van der Waals surface area (Å²) >= 11 is 0. The van der Waals surface area contributed by atoms with E-state index in [1.165, 1.54) is 18.9 Å². The third-order valence-corrected chi connectivity index (χ3v) is 4.19. The Bertz CT molecular complexity index is 502. The van der Waals surface area contributed by atoms with Crippen molar-refractivity contribution in [2.45, 2.75) is 32.1 Å². The Balaban J connectivity index is 1.93. The van der Waals surface area contributed by atoms with E-state index in [9.17, 15) is 9.59 Å². The van der Waals surface area contributed by atoms with Crippen molar-refractivity contribution in [2.24, 2.45) is 5.41 Å². The van der Waals surface area contributed by atoms with Crippen LogP contribution in [0.3, 0.4) is 0 Å². The van der Waals surface area contributed by atoms with E-state index in [0.29, 0.717) is 13.2 Å². The van der Waals surface area contributed by atoms with Crippen LogP contribution >= 0.6 is 0 Å². The molecule has 1 saturated carbocycles. The lowest BCUT2D eigenvalue weighted by atomic mass is 9.83. The topological polar surface area (TPSA) is 88.8 Å². The summed E-state index contributed by atoms with van der Waals surface area (Å²) in [6.07, 6.45) is 6.49. The summed E-state index contributed by atoms with van der Waals surface area (Å²) in [6, 6.07) is 1.24. The Labute approximate surface area is 123 Å². The number of hydrogen-bond donors (Lipinski definition) is 2. The monoisotopic (exact) mass is 295 g/mol. The van der Waals surface area contributed by atoms with E-state index in [2.05, 4.69) is 5.32 Å². The Morgan fingerprint density at radius 3 is 2.71 bits per heavy atom. The standard InChI is InChI=1S/C15H21NO5/c1-20-7-6-15(4-2-3-5-15)10-16-13(17)12-8-11(9-21-12)14(18)19/h8-9H,2-7,10H2,1H3,(H,16,17)(H,18,19). The highest BCUT2D eigenvalue weighted by molar-refractivity contribution is 5.95. The molecule has 0 atom stereocenters. The molecule has 0 aliphatic heterocycles. The maximum atomic E-state index is 12.0. The van der Waals surface area contributed by atoms with Crippen LogP contribution in [0.4, 0.5) is 0 Å². The molecule has 1 aliphatic rings. The van der Waals surface area contributed by atoms with Gasteiger partial charge < -0.3 is 19.6 Å². The molecular formula is C15H21NO5. The molecule has 21 heavy (non-hydrogen) atoms. The van der Waals surface area contributed by atoms with Crippen molar-refractivity contribution in [3.05, 3.63) is 23.7 Å². The van der Waals surface area contributed by atoms with Gasteiger partial charge in [0.05, 0.1) is 5.56 Å². The lowest BCUT2D eigenvalue weighted by Gasteiger charge is -2.28. The van der Waals surface area contributed by atoms with Gasteiger partial charge in [-0.3, -0.25) is 4.79 Å². The molecule has 0 spiro atoms. The molecule has 0 saturated heterocycles. The van der Waals surface area contributed by atoms with Crippen LogP contribution in [-0.2, 0) is 4.74 Å². The second kappa shape index (κ2) is 6.76. The van der Waals surface area contributed by atoms with Crippen LogP contribution in [0.25, 0.3) is 0 Å². The van der Waals surface area contributed by atoms with Crippen molar-refractivity contribution in [1.82, 2.24) is 5.32 Å². The minimum absolute atomic E-state index is 0.0184. The SMILES string of the molecule is COCCC1(CNC(=O)c2cc(C(=O)O)co2)CCCC1. The predicted molar refractivity (Wildman–Crippen MR) is 75.4 cm³/mol. The number of furan rings is 1. The van der Waals surface area contributed by atoms with E-state index < -0.39 is 5.97 Å². The smallest absolute Gasteiger partial charge is 0.338 e. The van der Waals surface area contributed by atoms with Crippen LogP contribution in [-0.4, -0.2) is 37.2 Å². The highest BCUT2D eigenvalue weighted by atomic mass is 16.5. The molecule has 1 amide bonds. The van der Waals surface area contributed by atoms with Crippen LogP contribution in [0.1, 0.15) is 53.0 Å². The molecule has 1 aromatic rings. The number of amides is 1. The highest BCUT2D eigenvalue weighted by Crippen LogP contribution is 2.40. The lowest BCUT2D eigenvalue weighted by molar-refractivity contribution is 0.0695. The third-order valence-electron chi connectivity index (χ3n) is 4.19. The largest absolute Gasteiger partial charge is 0.478 e. The van der Waals surface area contributed by atoms with Crippen molar-refractivity contribution in [2.75, 3.05) is 20.3 Å². The zero-order chi connectivity index (χ0) is 15.3. The van der Waals surface area contributed by atoms with Crippen molar-refractivity contribution in [1.29, 1.82) is 0 Å². The van der Waals surface area contributed by atoms with E-state index in [4.69, 9.17) is 14.3 Å². The molecule has 6 heteroatoms. The summed E-state index contributed by atoms with van der Waals surface area (Å²) in [6.45, 7) is 1.25. The van der Waals surface area contributed by atoms with Crippen LogP contribution < -0.4 is 5.32 Å². The fraction of sp³-hybridized carbons (Fsp3) is 0.600. The maximum absolute atomic E-state index is 12.0. The van der Waals surface area contributed by atoms with E-state index in [1.54, 1.807) is 7.11 Å². The first kappa shape index (κ1) is 15.6. The molecular weight excluding hydrogens is 274 g/mol. The second-order valence-electron chi connectivity index (χ2n) is 5.64. The molecule has 0 radical (unpaired) electrons. The van der Waals surface area contributed by atoms with Crippen LogP contribution in [0.5, 0.6) is 0 Å². The number of carboxylic acid groups (broad SMARTS) is 1. The second-order valence-corrected chi connectivity index (χ2v) is 5.64. The van der Waals surface area contributed by atoms with Gasteiger partial charge in [0.25, 0.3) is 5.91 Å². The zero-order valence-corrected chi connectivity index (χ0v) is 12.2. The van der Waals surface area contributed by atoms with Crippen LogP contribution in [0, 0.1) is 5.41 Å². The van der Waals surface area contributed by atoms with Gasteiger partial charge >= 0.3 is 5.97 Å². The Morgan fingerprint density at radius 2 is 2.14 bits per heavy atom. The number of carbonyl (C=O) groups excluding carboxylic acids is 1. The first-order valence-corrected chi connectivity index (χ1v) is 7.15. The van der Waals surface area contributed by atoms with Gasteiger partial charge in [-0.05, 0) is 24.7 Å². The van der Waals surface area contributed by atoms with Gasteiger partial charge in [-0.1, -0.05) is 12.8 Å². The fourth-order valence-electron chi connectivity index (χ4n) is 2.88. The van der Waals surface area contributed by atoms with E-state index >= 15 is 0 Å². The van der Waals surface area contributed by atoms with Gasteiger partial charge in [0.1, 0.15) is 6.26 Å². The molecule has 1 fully saturated rings. The summed E-state index contributed by atoms with van der Waals surface area (Å²) in [5.74, 6) is -1.44. The molecule has 1 aromatic heterocycles. The fourth-order valence-corrected chi connectivity index (χ4v) is 2.88. The maximum Gasteiger partial charge on any atom is 0.338 e. The van der Waals surface area contributed by atoms with Gasteiger partial charge in [-0.25, -0.2) is 4.79 Å². The Hall–Kier alpha value is -1.82. The van der Waals surface area contributed by atoms with Gasteiger partial charge in [0.2, 0.25) is 0 Å². The molecule has 0 unspecified atom stereocenters. The molecule has 1 aliphatic carbocycles. The van der Waals surface area contributed by atoms with Crippen LogP contribution in [0.15, 0.2) is 16.7 Å². The van der Waals surface area contributed by atoms with Gasteiger partial charge in [-0.15, -0.1) is 0 Å². The van der Waals surface area contributed by atoms with Gasteiger partial charge in [-0.2, -0.15) is 0 Å². The molecule has 6 nitrogen and oxygen atoms in total. The molecule has 2 rings (SSSR count). The normalized spacial score (nSPS) is 16.8. The number of hydrogen-bond acceptors (Lipinski definition) is 4. The van der Waals surface area contributed by atoms with Crippen molar-refractivity contribution < 1.29 is 23.8 Å². The molecule has 0 aromatic carbocycles. The van der Waals surface area contributed by atoms with Gasteiger partial charge in [0.15, 0.2) is 5.76 Å². The van der Waals surface area contributed by atoms with E-state index in [0.717, 1.165) is 25.5 Å². The van der Waals surface area contributed by atoms with Crippen molar-refractivity contribution in [3.63, 3.8) is 0 Å². The number of aromatic carboxylic acids is 1. The number of carboxylic acids is 1. The highest BCUT2D eigenvalue weighted by Gasteiger charge is 2.34. The average Bonchev–Trinajstić information content (AvgIpc) is 3.12. The van der Waals surface area contributed by atoms with E-state index in [-0.39, 0.29) is 22.6 Å². The summed E-state index contributed by atoms with van der Waals surface area (Å²) in [5, 5.41) is 11.7.